The van der Waals surface area contributed by atoms with Gasteiger partial charge in [0.15, 0.2) is 0 Å². The number of aromatic hydroxyl groups is 1. The lowest BCUT2D eigenvalue weighted by Gasteiger charge is -2.38. The Labute approximate surface area is 251 Å². The minimum Gasteiger partial charge on any atom is -0.506 e. The number of fused-ring (bicyclic) bond motifs is 1. The van der Waals surface area contributed by atoms with Crippen LogP contribution in [0.1, 0.15) is 44.4 Å². The van der Waals surface area contributed by atoms with Gasteiger partial charge in [-0.3, -0.25) is 9.69 Å². The lowest BCUT2D eigenvalue weighted by molar-refractivity contribution is -0.118. The zero-order chi connectivity index (χ0) is 30.9. The summed E-state index contributed by atoms with van der Waals surface area (Å²) in [6.07, 6.45) is 0.460. The van der Waals surface area contributed by atoms with Gasteiger partial charge in [0.05, 0.1) is 38.6 Å². The van der Waals surface area contributed by atoms with Gasteiger partial charge in [0.2, 0.25) is 5.91 Å². The number of hydrogen-bond donors (Lipinski definition) is 2. The van der Waals surface area contributed by atoms with Gasteiger partial charge in [-0.2, -0.15) is 0 Å². The topological polar surface area (TPSA) is 89.5 Å². The number of phenolic OH excluding ortho intramolecular Hbond substituents is 1. The van der Waals surface area contributed by atoms with Crippen LogP contribution in [-0.4, -0.2) is 38.4 Å². The molecule has 226 valence electrons. The van der Waals surface area contributed by atoms with E-state index in [0.29, 0.717) is 58.7 Å². The maximum absolute atomic E-state index is 16.1. The van der Waals surface area contributed by atoms with Crippen LogP contribution >= 0.6 is 0 Å². The number of para-hydroxylation sites is 1. The van der Waals surface area contributed by atoms with Crippen molar-refractivity contribution in [3.8, 4) is 23.0 Å². The largest absolute Gasteiger partial charge is 0.506 e. The summed E-state index contributed by atoms with van der Waals surface area (Å²) >= 11 is 0. The number of nitrogens with zero attached hydrogens (tertiary/aromatic N) is 1. The van der Waals surface area contributed by atoms with Crippen molar-refractivity contribution in [2.24, 2.45) is 5.41 Å². The molecular weight excluding hydrogens is 551 g/mol. The molecular formula is C34H37FN2O6. The highest BCUT2D eigenvalue weighted by Crippen LogP contribution is 2.50. The van der Waals surface area contributed by atoms with Crippen LogP contribution in [0.3, 0.4) is 0 Å². The fourth-order valence-electron chi connectivity index (χ4n) is 5.44. The molecule has 5 rings (SSSR count). The van der Waals surface area contributed by atoms with E-state index in [4.69, 9.17) is 18.9 Å². The molecule has 2 heterocycles. The van der Waals surface area contributed by atoms with Crippen molar-refractivity contribution in [2.45, 2.75) is 39.7 Å². The number of amides is 1. The van der Waals surface area contributed by atoms with Crippen molar-refractivity contribution in [2.75, 3.05) is 37.7 Å². The number of phenols is 1. The first kappa shape index (κ1) is 29.8. The number of nitrogens with one attached hydrogen (secondary N) is 1. The number of carbonyl (C=O) groups is 1. The van der Waals surface area contributed by atoms with Gasteiger partial charge in [-0.05, 0) is 61.4 Å². The van der Waals surface area contributed by atoms with Crippen molar-refractivity contribution < 1.29 is 33.2 Å². The number of halogens is 1. The number of methoxy groups -OCH3 is 2. The second kappa shape index (κ2) is 11.9. The molecule has 1 amide bonds. The summed E-state index contributed by atoms with van der Waals surface area (Å²) in [5.74, 6) is 0.849. The lowest BCUT2D eigenvalue weighted by Crippen LogP contribution is -2.39. The number of carbonyl (C=O) groups excluding carboxylic acids is 1. The average molecular weight is 589 g/mol. The normalized spacial score (nSPS) is 17.1. The van der Waals surface area contributed by atoms with E-state index < -0.39 is 11.9 Å². The van der Waals surface area contributed by atoms with E-state index in [9.17, 15) is 9.90 Å². The third kappa shape index (κ3) is 6.11. The Morgan fingerprint density at radius 1 is 1.14 bits per heavy atom. The molecule has 0 spiro atoms. The summed E-state index contributed by atoms with van der Waals surface area (Å²) in [6, 6.07) is 13.8. The van der Waals surface area contributed by atoms with Gasteiger partial charge in [-0.15, -0.1) is 0 Å². The summed E-state index contributed by atoms with van der Waals surface area (Å²) in [4.78, 5) is 16.0. The summed E-state index contributed by atoms with van der Waals surface area (Å²) in [7, 11) is 3.08. The quantitative estimate of drug-likeness (QED) is 0.219. The molecule has 3 aromatic rings. The van der Waals surface area contributed by atoms with Crippen LogP contribution in [-0.2, 0) is 16.0 Å². The van der Waals surface area contributed by atoms with E-state index in [2.05, 4.69) is 25.7 Å². The van der Waals surface area contributed by atoms with E-state index in [1.807, 2.05) is 6.92 Å². The minimum atomic E-state index is -0.985. The predicted molar refractivity (Wildman–Crippen MR) is 163 cm³/mol. The predicted octanol–water partition coefficient (Wildman–Crippen LogP) is 6.90. The van der Waals surface area contributed by atoms with E-state index >= 15 is 4.39 Å². The smallest absolute Gasteiger partial charge is 0.232 e. The van der Waals surface area contributed by atoms with Crippen LogP contribution in [0, 0.1) is 11.2 Å². The molecule has 0 bridgehead atoms. The summed E-state index contributed by atoms with van der Waals surface area (Å²) in [5.41, 5.74) is 2.76. The molecule has 9 heteroatoms. The maximum Gasteiger partial charge on any atom is 0.232 e. The summed E-state index contributed by atoms with van der Waals surface area (Å²) in [6.45, 7) is 10.4. The number of ether oxygens (including phenoxy) is 4. The highest BCUT2D eigenvalue weighted by atomic mass is 19.1. The Bertz CT molecular complexity index is 1600. The van der Waals surface area contributed by atoms with Crippen LogP contribution in [0.2, 0.25) is 0 Å². The molecule has 3 aromatic carbocycles. The van der Waals surface area contributed by atoms with Gasteiger partial charge < -0.3 is 29.4 Å². The van der Waals surface area contributed by atoms with Crippen molar-refractivity contribution in [1.29, 1.82) is 0 Å². The van der Waals surface area contributed by atoms with Gasteiger partial charge in [-0.25, -0.2) is 4.39 Å². The van der Waals surface area contributed by atoms with Crippen LogP contribution in [0.5, 0.6) is 23.0 Å². The van der Waals surface area contributed by atoms with Gasteiger partial charge in [0, 0.05) is 22.6 Å². The standard InChI is InChI=1S/C34H37FN2O6/c1-20(2)18-42-23-10-12-24(25(35)16-23)32-33-26(17-34(3,4)19-43-33)36-31-27(8-7-9-28(31)38)37(32)30(39)15-21-14-22(40-5)11-13-29(21)41-6/h7-14,16,32,36,38H,1,15,17-19H2,2-6H3. The third-order valence-corrected chi connectivity index (χ3v) is 7.48. The van der Waals surface area contributed by atoms with Crippen molar-refractivity contribution in [1.82, 2.24) is 0 Å². The van der Waals surface area contributed by atoms with Crippen LogP contribution in [0.15, 0.2) is 78.2 Å². The monoisotopic (exact) mass is 588 g/mol. The summed E-state index contributed by atoms with van der Waals surface area (Å²) < 4.78 is 39.1. The molecule has 2 N–H and O–H groups in total. The Morgan fingerprint density at radius 3 is 2.60 bits per heavy atom. The van der Waals surface area contributed by atoms with Crippen LogP contribution in [0.4, 0.5) is 15.8 Å². The zero-order valence-corrected chi connectivity index (χ0v) is 25.1. The lowest BCUT2D eigenvalue weighted by atomic mass is 9.85. The molecule has 0 saturated heterocycles. The van der Waals surface area contributed by atoms with Gasteiger partial charge in [0.25, 0.3) is 0 Å². The maximum atomic E-state index is 16.1. The first-order chi connectivity index (χ1) is 20.5. The third-order valence-electron chi connectivity index (χ3n) is 7.48. The molecule has 0 fully saturated rings. The zero-order valence-electron chi connectivity index (χ0n) is 25.1. The molecule has 0 saturated carbocycles. The fourth-order valence-corrected chi connectivity index (χ4v) is 5.44. The van der Waals surface area contributed by atoms with E-state index in [1.54, 1.807) is 55.6 Å². The molecule has 0 radical (unpaired) electrons. The number of hydrogen-bond acceptors (Lipinski definition) is 7. The Hall–Kier alpha value is -4.66. The SMILES string of the molecule is C=C(C)COc1ccc(C2C3=C(CC(C)(C)CO3)Nc3c(O)cccc3N2C(=O)Cc2cc(OC)ccc2OC)c(F)c1. The summed E-state index contributed by atoms with van der Waals surface area (Å²) in [5, 5.41) is 14.3. The highest BCUT2D eigenvalue weighted by Gasteiger charge is 2.42. The molecule has 8 nitrogen and oxygen atoms in total. The second-order valence-corrected chi connectivity index (χ2v) is 11.7. The van der Waals surface area contributed by atoms with Crippen molar-refractivity contribution in [3.05, 3.63) is 95.1 Å². The number of rotatable bonds is 8. The van der Waals surface area contributed by atoms with E-state index in [1.165, 1.54) is 18.1 Å². The van der Waals surface area contributed by atoms with Crippen molar-refractivity contribution in [3.63, 3.8) is 0 Å². The van der Waals surface area contributed by atoms with Crippen LogP contribution in [0.25, 0.3) is 0 Å². The minimum absolute atomic E-state index is 0.0471. The Morgan fingerprint density at radius 2 is 1.91 bits per heavy atom. The first-order valence-corrected chi connectivity index (χ1v) is 14.1. The molecule has 2 aliphatic heterocycles. The van der Waals surface area contributed by atoms with E-state index in [-0.39, 0.29) is 35.7 Å². The van der Waals surface area contributed by atoms with Gasteiger partial charge in [0.1, 0.15) is 52.9 Å². The molecule has 1 atom stereocenters. The van der Waals surface area contributed by atoms with E-state index in [0.717, 1.165) is 5.57 Å². The molecule has 0 aromatic heterocycles. The number of allylic oxidation sites excluding steroid dienone is 1. The Balaban J connectivity index is 1.69. The Kier molecular flexibility index (Phi) is 8.26. The molecule has 2 aliphatic rings. The highest BCUT2D eigenvalue weighted by molar-refractivity contribution is 6.01. The molecule has 43 heavy (non-hydrogen) atoms. The van der Waals surface area contributed by atoms with Crippen LogP contribution < -0.4 is 24.4 Å². The van der Waals surface area contributed by atoms with Crippen molar-refractivity contribution >= 4 is 17.3 Å². The number of benzene rings is 3. The number of anilines is 2. The molecule has 0 aliphatic carbocycles. The van der Waals surface area contributed by atoms with Gasteiger partial charge >= 0.3 is 0 Å². The first-order valence-electron chi connectivity index (χ1n) is 14.1. The second-order valence-electron chi connectivity index (χ2n) is 11.7. The fraction of sp³-hybridized carbons (Fsp3) is 0.324. The molecule has 1 unspecified atom stereocenters. The van der Waals surface area contributed by atoms with Gasteiger partial charge in [-0.1, -0.05) is 26.5 Å². The average Bonchev–Trinajstić information content (AvgIpc) is 3.10.